The molecule has 0 radical (unpaired) electrons. The summed E-state index contributed by atoms with van der Waals surface area (Å²) >= 11 is 3.29. The van der Waals surface area contributed by atoms with Gasteiger partial charge in [0.05, 0.1) is 0 Å². The summed E-state index contributed by atoms with van der Waals surface area (Å²) in [7, 11) is 0. The molecule has 0 aliphatic carbocycles. The van der Waals surface area contributed by atoms with Crippen LogP contribution in [0.1, 0.15) is 18.9 Å². The highest BCUT2D eigenvalue weighted by atomic mass is 79.9. The number of carbonyl (C=O) groups is 1. The van der Waals surface area contributed by atoms with Crippen LogP contribution >= 0.6 is 15.9 Å². The quantitative estimate of drug-likeness (QED) is 0.928. The molecule has 0 bridgehead atoms. The Morgan fingerprint density at radius 3 is 3.00 bits per heavy atom. The van der Waals surface area contributed by atoms with Gasteiger partial charge in [0.2, 0.25) is 5.91 Å². The Morgan fingerprint density at radius 1 is 1.56 bits per heavy atom. The van der Waals surface area contributed by atoms with Crippen LogP contribution in [0.4, 0.5) is 4.39 Å². The Labute approximate surface area is 114 Å². The highest BCUT2D eigenvalue weighted by molar-refractivity contribution is 9.10. The van der Waals surface area contributed by atoms with Gasteiger partial charge in [0.15, 0.2) is 0 Å². The third-order valence-corrected chi connectivity index (χ3v) is 3.47. The first-order valence-electron chi connectivity index (χ1n) is 5.97. The summed E-state index contributed by atoms with van der Waals surface area (Å²) in [5, 5.41) is 2.92. The molecule has 1 aromatic carbocycles. The minimum absolute atomic E-state index is 0.00958. The fourth-order valence-electron chi connectivity index (χ4n) is 2.34. The highest BCUT2D eigenvalue weighted by Gasteiger charge is 2.22. The fourth-order valence-corrected chi connectivity index (χ4v) is 2.85. The van der Waals surface area contributed by atoms with E-state index in [0.29, 0.717) is 6.54 Å². The molecule has 2 rings (SSSR count). The minimum atomic E-state index is -0.225. The zero-order valence-electron chi connectivity index (χ0n) is 10.2. The molecule has 0 aromatic heterocycles. The van der Waals surface area contributed by atoms with Gasteiger partial charge in [-0.3, -0.25) is 9.69 Å². The van der Waals surface area contributed by atoms with Crippen LogP contribution in [-0.4, -0.2) is 29.9 Å². The molecule has 0 spiro atoms. The van der Waals surface area contributed by atoms with Gasteiger partial charge in [-0.2, -0.15) is 0 Å². The molecule has 98 valence electrons. The van der Waals surface area contributed by atoms with Crippen molar-refractivity contribution < 1.29 is 9.18 Å². The maximum absolute atomic E-state index is 13.2. The van der Waals surface area contributed by atoms with Gasteiger partial charge in [-0.25, -0.2) is 4.39 Å². The lowest BCUT2D eigenvalue weighted by atomic mass is 10.2. The SMILES string of the molecule is CC(=O)NC1CCN(Cc2cc(F)cc(Br)c2)C1. The smallest absolute Gasteiger partial charge is 0.217 e. The van der Waals surface area contributed by atoms with E-state index >= 15 is 0 Å². The number of halogens is 2. The molecule has 1 fully saturated rings. The van der Waals surface area contributed by atoms with Gasteiger partial charge in [-0.15, -0.1) is 0 Å². The summed E-state index contributed by atoms with van der Waals surface area (Å²) in [5.41, 5.74) is 0.949. The summed E-state index contributed by atoms with van der Waals surface area (Å²) in [4.78, 5) is 13.2. The van der Waals surface area contributed by atoms with E-state index in [9.17, 15) is 9.18 Å². The number of benzene rings is 1. The summed E-state index contributed by atoms with van der Waals surface area (Å²) in [5.74, 6) is -0.215. The maximum Gasteiger partial charge on any atom is 0.217 e. The van der Waals surface area contributed by atoms with E-state index < -0.39 is 0 Å². The lowest BCUT2D eigenvalue weighted by Gasteiger charge is -2.16. The van der Waals surface area contributed by atoms with Crippen LogP contribution < -0.4 is 5.32 Å². The van der Waals surface area contributed by atoms with E-state index in [4.69, 9.17) is 0 Å². The Morgan fingerprint density at radius 2 is 2.33 bits per heavy atom. The average molecular weight is 315 g/mol. The molecule has 1 atom stereocenters. The third kappa shape index (κ3) is 3.78. The van der Waals surface area contributed by atoms with Crippen molar-refractivity contribution in [3.63, 3.8) is 0 Å². The molecule has 1 aliphatic rings. The monoisotopic (exact) mass is 314 g/mol. The number of carbonyl (C=O) groups excluding carboxylic acids is 1. The number of amides is 1. The van der Waals surface area contributed by atoms with E-state index in [1.54, 1.807) is 6.07 Å². The van der Waals surface area contributed by atoms with Crippen molar-refractivity contribution in [1.82, 2.24) is 10.2 Å². The van der Waals surface area contributed by atoms with E-state index in [-0.39, 0.29) is 17.8 Å². The first-order chi connectivity index (χ1) is 8.52. The van der Waals surface area contributed by atoms with E-state index in [1.807, 2.05) is 6.07 Å². The molecule has 1 amide bonds. The first kappa shape index (κ1) is 13.5. The molecule has 1 unspecified atom stereocenters. The molecule has 1 aromatic rings. The van der Waals surface area contributed by atoms with Crippen molar-refractivity contribution in [2.45, 2.75) is 25.9 Å². The van der Waals surface area contributed by atoms with Gasteiger partial charge in [0.25, 0.3) is 0 Å². The molecule has 0 saturated carbocycles. The summed E-state index contributed by atoms with van der Waals surface area (Å²) in [6.07, 6.45) is 0.954. The van der Waals surface area contributed by atoms with Gasteiger partial charge >= 0.3 is 0 Å². The topological polar surface area (TPSA) is 32.3 Å². The normalized spacial score (nSPS) is 20.1. The van der Waals surface area contributed by atoms with Gasteiger partial charge < -0.3 is 5.32 Å². The van der Waals surface area contributed by atoms with Crippen molar-refractivity contribution in [3.8, 4) is 0 Å². The van der Waals surface area contributed by atoms with Crippen molar-refractivity contribution in [3.05, 3.63) is 34.1 Å². The van der Waals surface area contributed by atoms with Crippen LogP contribution in [0.2, 0.25) is 0 Å². The van der Waals surface area contributed by atoms with Crippen LogP contribution in [-0.2, 0) is 11.3 Å². The second-order valence-electron chi connectivity index (χ2n) is 4.70. The lowest BCUT2D eigenvalue weighted by Crippen LogP contribution is -2.35. The molecule has 1 aliphatic heterocycles. The van der Waals surface area contributed by atoms with Crippen LogP contribution in [0.5, 0.6) is 0 Å². The molecule has 1 heterocycles. The maximum atomic E-state index is 13.2. The number of hydrogen-bond acceptors (Lipinski definition) is 2. The van der Waals surface area contributed by atoms with Crippen LogP contribution in [0.25, 0.3) is 0 Å². The predicted octanol–water partition coefficient (Wildman–Crippen LogP) is 2.30. The highest BCUT2D eigenvalue weighted by Crippen LogP contribution is 2.18. The molecule has 5 heteroatoms. The molecule has 18 heavy (non-hydrogen) atoms. The van der Waals surface area contributed by atoms with E-state index in [1.165, 1.54) is 13.0 Å². The fraction of sp³-hybridized carbons (Fsp3) is 0.462. The Hall–Kier alpha value is -0.940. The zero-order chi connectivity index (χ0) is 13.1. The zero-order valence-corrected chi connectivity index (χ0v) is 11.8. The van der Waals surface area contributed by atoms with Crippen molar-refractivity contribution in [2.24, 2.45) is 0 Å². The Kier molecular flexibility index (Phi) is 4.35. The number of likely N-dealkylation sites (tertiary alicyclic amines) is 1. The minimum Gasteiger partial charge on any atom is -0.352 e. The second-order valence-corrected chi connectivity index (χ2v) is 5.61. The number of nitrogens with one attached hydrogen (secondary N) is 1. The summed E-state index contributed by atoms with van der Waals surface area (Å²) in [6.45, 7) is 4.01. The Bertz CT molecular complexity index is 432. The third-order valence-electron chi connectivity index (χ3n) is 3.01. The van der Waals surface area contributed by atoms with Gasteiger partial charge in [-0.05, 0) is 30.2 Å². The van der Waals surface area contributed by atoms with E-state index in [2.05, 4.69) is 26.1 Å². The summed E-state index contributed by atoms with van der Waals surface area (Å²) in [6, 6.07) is 5.15. The predicted molar refractivity (Wildman–Crippen MR) is 71.6 cm³/mol. The van der Waals surface area contributed by atoms with Gasteiger partial charge in [0, 0.05) is 37.1 Å². The van der Waals surface area contributed by atoms with Crippen molar-refractivity contribution >= 4 is 21.8 Å². The van der Waals surface area contributed by atoms with Gasteiger partial charge in [0.1, 0.15) is 5.82 Å². The van der Waals surface area contributed by atoms with Crippen molar-refractivity contribution in [2.75, 3.05) is 13.1 Å². The van der Waals surface area contributed by atoms with Crippen LogP contribution in [0.15, 0.2) is 22.7 Å². The van der Waals surface area contributed by atoms with Crippen LogP contribution in [0, 0.1) is 5.82 Å². The Balaban J connectivity index is 1.93. The van der Waals surface area contributed by atoms with Crippen LogP contribution in [0.3, 0.4) is 0 Å². The number of hydrogen-bond donors (Lipinski definition) is 1. The molecule has 1 saturated heterocycles. The number of rotatable bonds is 3. The largest absolute Gasteiger partial charge is 0.352 e. The molecular formula is C13H16BrFN2O. The number of nitrogens with zero attached hydrogens (tertiary/aromatic N) is 1. The van der Waals surface area contributed by atoms with Crippen molar-refractivity contribution in [1.29, 1.82) is 0 Å². The lowest BCUT2D eigenvalue weighted by molar-refractivity contribution is -0.119. The molecule has 1 N–H and O–H groups in total. The average Bonchev–Trinajstić information content (AvgIpc) is 2.62. The first-order valence-corrected chi connectivity index (χ1v) is 6.76. The standard InChI is InChI=1S/C13H16BrFN2O/c1-9(18)16-13-2-3-17(8-13)7-10-4-11(14)6-12(15)5-10/h4-6,13H,2-3,7-8H2,1H3,(H,16,18). The van der Waals surface area contributed by atoms with E-state index in [0.717, 1.165) is 29.5 Å². The van der Waals surface area contributed by atoms with Gasteiger partial charge in [-0.1, -0.05) is 15.9 Å². The molecular weight excluding hydrogens is 299 g/mol. The second kappa shape index (κ2) is 5.80. The summed E-state index contributed by atoms with van der Waals surface area (Å²) < 4.78 is 14.0. The molecule has 3 nitrogen and oxygen atoms in total.